The van der Waals surface area contributed by atoms with Crippen molar-refractivity contribution in [3.8, 4) is 0 Å². The van der Waals surface area contributed by atoms with Gasteiger partial charge in [-0.15, -0.1) is 0 Å². The van der Waals surface area contributed by atoms with Crippen LogP contribution in [0.5, 0.6) is 0 Å². The van der Waals surface area contributed by atoms with Crippen LogP contribution in [0.15, 0.2) is 24.3 Å². The molecule has 130 valence electrons. The highest BCUT2D eigenvalue weighted by atomic mass is 16.3. The summed E-state index contributed by atoms with van der Waals surface area (Å²) in [6.07, 6.45) is -0.173. The van der Waals surface area contributed by atoms with Crippen molar-refractivity contribution in [3.05, 3.63) is 29.8 Å². The summed E-state index contributed by atoms with van der Waals surface area (Å²) in [5.41, 5.74) is 0.264. The van der Waals surface area contributed by atoms with E-state index in [1.165, 1.54) is 20.8 Å². The van der Waals surface area contributed by atoms with Crippen LogP contribution in [0.25, 0.3) is 0 Å². The van der Waals surface area contributed by atoms with Gasteiger partial charge in [0, 0.05) is 32.1 Å². The number of carbonyl (C=O) groups is 3. The number of rotatable bonds is 4. The number of nitrogens with zero attached hydrogens (tertiary/aromatic N) is 1. The molecule has 1 saturated carbocycles. The molecule has 0 aromatic heterocycles. The Balaban J connectivity index is 2.58. The third-order valence-electron chi connectivity index (χ3n) is 4.94. The lowest BCUT2D eigenvalue weighted by Crippen LogP contribution is -2.53. The number of aliphatic hydroxyl groups is 1. The molecule has 24 heavy (non-hydrogen) atoms. The van der Waals surface area contributed by atoms with Gasteiger partial charge in [-0.3, -0.25) is 14.4 Å². The number of benzene rings is 1. The van der Waals surface area contributed by atoms with Gasteiger partial charge in [0.15, 0.2) is 0 Å². The van der Waals surface area contributed by atoms with Crippen LogP contribution in [0.4, 0.5) is 5.69 Å². The molecule has 1 fully saturated rings. The van der Waals surface area contributed by atoms with E-state index in [4.69, 9.17) is 0 Å². The zero-order valence-corrected chi connectivity index (χ0v) is 14.9. The van der Waals surface area contributed by atoms with Crippen LogP contribution in [0.3, 0.4) is 0 Å². The van der Waals surface area contributed by atoms with Crippen molar-refractivity contribution in [2.45, 2.75) is 38.7 Å². The van der Waals surface area contributed by atoms with Gasteiger partial charge in [0.2, 0.25) is 0 Å². The van der Waals surface area contributed by atoms with Crippen LogP contribution in [-0.4, -0.2) is 42.2 Å². The molecule has 0 unspecified atom stereocenters. The molecule has 4 atom stereocenters. The van der Waals surface area contributed by atoms with E-state index < -0.39 is 23.4 Å². The lowest BCUT2D eigenvalue weighted by Gasteiger charge is -2.44. The van der Waals surface area contributed by atoms with E-state index in [1.807, 2.05) is 43.3 Å². The van der Waals surface area contributed by atoms with Crippen molar-refractivity contribution in [2.24, 2.45) is 11.8 Å². The fraction of sp³-hybridized carbons (Fsp3) is 0.526. The van der Waals surface area contributed by atoms with E-state index >= 15 is 0 Å². The molecule has 1 aliphatic rings. The molecule has 0 heterocycles. The summed E-state index contributed by atoms with van der Waals surface area (Å²) in [6.45, 7) is 4.29. The Morgan fingerprint density at radius 2 is 1.67 bits per heavy atom. The number of ketones is 3. The minimum atomic E-state index is -1.44. The number of anilines is 1. The molecular formula is C19H25NO4. The van der Waals surface area contributed by atoms with Crippen molar-refractivity contribution in [1.29, 1.82) is 0 Å². The second-order valence-corrected chi connectivity index (χ2v) is 7.19. The Morgan fingerprint density at radius 1 is 1.12 bits per heavy atom. The van der Waals surface area contributed by atoms with Crippen molar-refractivity contribution in [1.82, 2.24) is 0 Å². The zero-order valence-electron chi connectivity index (χ0n) is 14.9. The SMILES string of the molecule is CC(=O)[C@H]1C(=O)C[C@](C)(O)[C@H](C(C)=O)[C@@H]1c1ccc(N(C)C)cc1. The summed E-state index contributed by atoms with van der Waals surface area (Å²) in [5, 5.41) is 10.7. The summed E-state index contributed by atoms with van der Waals surface area (Å²) in [7, 11) is 3.83. The maximum Gasteiger partial charge on any atom is 0.146 e. The van der Waals surface area contributed by atoms with E-state index in [1.54, 1.807) is 0 Å². The van der Waals surface area contributed by atoms with Crippen molar-refractivity contribution in [3.63, 3.8) is 0 Å². The second kappa shape index (κ2) is 6.48. The van der Waals surface area contributed by atoms with Crippen LogP contribution < -0.4 is 4.90 Å². The minimum Gasteiger partial charge on any atom is -0.389 e. The van der Waals surface area contributed by atoms with Crippen LogP contribution in [-0.2, 0) is 14.4 Å². The monoisotopic (exact) mass is 331 g/mol. The largest absolute Gasteiger partial charge is 0.389 e. The molecule has 5 nitrogen and oxygen atoms in total. The third kappa shape index (κ3) is 3.26. The van der Waals surface area contributed by atoms with E-state index in [0.717, 1.165) is 11.3 Å². The van der Waals surface area contributed by atoms with Gasteiger partial charge in [-0.1, -0.05) is 12.1 Å². The molecule has 0 saturated heterocycles. The summed E-state index contributed by atoms with van der Waals surface area (Å²) < 4.78 is 0. The molecule has 0 aliphatic heterocycles. The topological polar surface area (TPSA) is 74.7 Å². The van der Waals surface area contributed by atoms with Crippen LogP contribution in [0.1, 0.15) is 38.7 Å². The second-order valence-electron chi connectivity index (χ2n) is 7.19. The van der Waals surface area contributed by atoms with Gasteiger partial charge in [0.25, 0.3) is 0 Å². The summed E-state index contributed by atoms with van der Waals surface area (Å²) >= 11 is 0. The van der Waals surface area contributed by atoms with E-state index in [0.29, 0.717) is 0 Å². The zero-order chi connectivity index (χ0) is 18.2. The van der Waals surface area contributed by atoms with E-state index in [-0.39, 0.29) is 23.8 Å². The Hall–Kier alpha value is -2.01. The van der Waals surface area contributed by atoms with Gasteiger partial charge in [-0.05, 0) is 38.5 Å². The molecule has 1 aliphatic carbocycles. The molecule has 0 bridgehead atoms. The summed E-state index contributed by atoms with van der Waals surface area (Å²) in [6, 6.07) is 7.44. The quantitative estimate of drug-likeness (QED) is 0.854. The predicted octanol–water partition coefficient (Wildman–Crippen LogP) is 1.97. The minimum absolute atomic E-state index is 0.173. The molecule has 1 N–H and O–H groups in total. The smallest absolute Gasteiger partial charge is 0.146 e. The van der Waals surface area contributed by atoms with Gasteiger partial charge >= 0.3 is 0 Å². The first-order valence-corrected chi connectivity index (χ1v) is 8.09. The van der Waals surface area contributed by atoms with Crippen LogP contribution >= 0.6 is 0 Å². The maximum absolute atomic E-state index is 12.5. The molecule has 2 rings (SSSR count). The fourth-order valence-corrected chi connectivity index (χ4v) is 3.90. The first-order chi connectivity index (χ1) is 11.1. The standard InChI is InChI=1S/C19H25NO4/c1-11(21)16-15(23)10-19(3,24)18(12(2)22)17(16)13-6-8-14(9-7-13)20(4)5/h6-9,16-18,24H,10H2,1-5H3/t16-,17+,18+,19-/m0/s1. The Bertz CT molecular complexity index is 660. The summed E-state index contributed by atoms with van der Waals surface area (Å²) in [5.74, 6) is -3.07. The number of carbonyl (C=O) groups excluding carboxylic acids is 3. The fourth-order valence-electron chi connectivity index (χ4n) is 3.90. The average Bonchev–Trinajstić information content (AvgIpc) is 2.44. The molecule has 1 aromatic carbocycles. The Labute approximate surface area is 142 Å². The van der Waals surface area contributed by atoms with Gasteiger partial charge in [0.05, 0.1) is 17.4 Å². The molecule has 1 aromatic rings. The van der Waals surface area contributed by atoms with E-state index in [2.05, 4.69) is 0 Å². The van der Waals surface area contributed by atoms with Crippen molar-refractivity contribution < 1.29 is 19.5 Å². The van der Waals surface area contributed by atoms with Crippen LogP contribution in [0.2, 0.25) is 0 Å². The number of hydrogen-bond acceptors (Lipinski definition) is 5. The number of Topliss-reactive ketones (excluding diaryl/α,β-unsaturated/α-hetero) is 3. The van der Waals surface area contributed by atoms with Gasteiger partial charge in [-0.25, -0.2) is 0 Å². The van der Waals surface area contributed by atoms with Gasteiger partial charge < -0.3 is 10.0 Å². The highest BCUT2D eigenvalue weighted by molar-refractivity contribution is 6.05. The first kappa shape index (κ1) is 18.3. The van der Waals surface area contributed by atoms with Crippen molar-refractivity contribution in [2.75, 3.05) is 19.0 Å². The molecule has 0 spiro atoms. The highest BCUT2D eigenvalue weighted by Crippen LogP contribution is 2.46. The Morgan fingerprint density at radius 3 is 2.08 bits per heavy atom. The first-order valence-electron chi connectivity index (χ1n) is 8.09. The average molecular weight is 331 g/mol. The number of hydrogen-bond donors (Lipinski definition) is 1. The normalized spacial score (nSPS) is 30.1. The van der Waals surface area contributed by atoms with Crippen molar-refractivity contribution >= 4 is 23.0 Å². The predicted molar refractivity (Wildman–Crippen MR) is 92.1 cm³/mol. The Kier molecular flexibility index (Phi) is 4.95. The lowest BCUT2D eigenvalue weighted by atomic mass is 9.60. The molecular weight excluding hydrogens is 306 g/mol. The van der Waals surface area contributed by atoms with Gasteiger partial charge in [0.1, 0.15) is 17.3 Å². The molecule has 0 amide bonds. The van der Waals surface area contributed by atoms with E-state index in [9.17, 15) is 19.5 Å². The highest BCUT2D eigenvalue weighted by Gasteiger charge is 2.53. The summed E-state index contributed by atoms with van der Waals surface area (Å²) in [4.78, 5) is 38.8. The molecule has 5 heteroatoms. The van der Waals surface area contributed by atoms with Crippen LogP contribution in [0, 0.1) is 11.8 Å². The van der Waals surface area contributed by atoms with Gasteiger partial charge in [-0.2, -0.15) is 0 Å². The lowest BCUT2D eigenvalue weighted by molar-refractivity contribution is -0.151. The molecule has 0 radical (unpaired) electrons. The maximum atomic E-state index is 12.5. The third-order valence-corrected chi connectivity index (χ3v) is 4.94.